The molecule has 2 aromatic carbocycles. The van der Waals surface area contributed by atoms with Gasteiger partial charge in [0.1, 0.15) is 12.4 Å². The van der Waals surface area contributed by atoms with E-state index in [0.29, 0.717) is 12.2 Å². The lowest BCUT2D eigenvalue weighted by atomic mass is 10.1. The molecule has 0 aliphatic carbocycles. The Morgan fingerprint density at radius 2 is 1.73 bits per heavy atom. The molecular weight excluding hydrogens is 278 g/mol. The molecule has 2 rings (SSSR count). The van der Waals surface area contributed by atoms with Gasteiger partial charge in [0, 0.05) is 14.1 Å². The fourth-order valence-corrected chi connectivity index (χ4v) is 1.99. The number of nitrogens with zero attached hydrogens (tertiary/aromatic N) is 1. The average Bonchev–Trinajstić information content (AvgIpc) is 2.54. The molecule has 0 fully saturated rings. The van der Waals surface area contributed by atoms with Gasteiger partial charge < -0.3 is 14.7 Å². The second kappa shape index (κ2) is 7.61. The Hall–Kier alpha value is -2.33. The van der Waals surface area contributed by atoms with Crippen molar-refractivity contribution in [3.63, 3.8) is 0 Å². The maximum atomic E-state index is 11.6. The molecule has 0 aliphatic heterocycles. The summed E-state index contributed by atoms with van der Waals surface area (Å²) in [4.78, 5) is 13.1. The molecule has 1 amide bonds. The minimum Gasteiger partial charge on any atom is -0.489 e. The van der Waals surface area contributed by atoms with E-state index in [-0.39, 0.29) is 12.3 Å². The van der Waals surface area contributed by atoms with Crippen LogP contribution >= 0.6 is 0 Å². The first-order chi connectivity index (χ1) is 10.6. The molecule has 22 heavy (non-hydrogen) atoms. The number of carbonyl (C=O) groups is 1. The minimum absolute atomic E-state index is 0.0806. The third-order valence-corrected chi connectivity index (χ3v) is 3.38. The second-order valence-electron chi connectivity index (χ2n) is 5.35. The number of hydrogen-bond acceptors (Lipinski definition) is 3. The van der Waals surface area contributed by atoms with E-state index in [1.807, 2.05) is 42.5 Å². The summed E-state index contributed by atoms with van der Waals surface area (Å²) in [6.45, 7) is 0.502. The summed E-state index contributed by atoms with van der Waals surface area (Å²) in [5.74, 6) is 0.635. The van der Waals surface area contributed by atoms with Crippen LogP contribution in [0.3, 0.4) is 0 Å². The number of rotatable bonds is 6. The van der Waals surface area contributed by atoms with E-state index in [2.05, 4.69) is 0 Å². The van der Waals surface area contributed by atoms with Crippen LogP contribution in [-0.4, -0.2) is 30.0 Å². The van der Waals surface area contributed by atoms with Crippen LogP contribution in [0.15, 0.2) is 54.6 Å². The van der Waals surface area contributed by atoms with Crippen LogP contribution in [0.25, 0.3) is 0 Å². The zero-order valence-electron chi connectivity index (χ0n) is 12.9. The molecule has 0 aliphatic rings. The first-order valence-corrected chi connectivity index (χ1v) is 7.21. The normalized spacial score (nSPS) is 11.8. The van der Waals surface area contributed by atoms with Crippen molar-refractivity contribution in [2.24, 2.45) is 0 Å². The largest absolute Gasteiger partial charge is 0.489 e. The van der Waals surface area contributed by atoms with E-state index in [4.69, 9.17) is 4.74 Å². The van der Waals surface area contributed by atoms with Gasteiger partial charge in [0.05, 0.1) is 12.5 Å². The number of aliphatic hydroxyl groups is 1. The summed E-state index contributed by atoms with van der Waals surface area (Å²) in [5.41, 5.74) is 1.81. The van der Waals surface area contributed by atoms with Crippen LogP contribution in [0, 0.1) is 0 Å². The lowest BCUT2D eigenvalue weighted by Gasteiger charge is -2.15. The number of amides is 1. The molecular formula is C18H21NO3. The highest BCUT2D eigenvalue weighted by atomic mass is 16.5. The average molecular weight is 299 g/mol. The molecule has 0 saturated heterocycles. The monoisotopic (exact) mass is 299 g/mol. The maximum absolute atomic E-state index is 11.6. The Labute approximate surface area is 131 Å². The van der Waals surface area contributed by atoms with Gasteiger partial charge in [-0.15, -0.1) is 0 Å². The van der Waals surface area contributed by atoms with Crippen LogP contribution in [0.1, 0.15) is 23.7 Å². The molecule has 4 nitrogen and oxygen atoms in total. The topological polar surface area (TPSA) is 49.8 Å². The number of aliphatic hydroxyl groups excluding tert-OH is 1. The van der Waals surface area contributed by atoms with Gasteiger partial charge in [0.25, 0.3) is 0 Å². The highest BCUT2D eigenvalue weighted by molar-refractivity contribution is 5.76. The lowest BCUT2D eigenvalue weighted by molar-refractivity contribution is -0.130. The first kappa shape index (κ1) is 16.0. The van der Waals surface area contributed by atoms with E-state index in [0.717, 1.165) is 11.3 Å². The van der Waals surface area contributed by atoms with Gasteiger partial charge in [0.15, 0.2) is 0 Å². The van der Waals surface area contributed by atoms with Gasteiger partial charge in [-0.1, -0.05) is 42.5 Å². The number of ether oxygens (including phenoxy) is 1. The van der Waals surface area contributed by atoms with Crippen molar-refractivity contribution < 1.29 is 14.6 Å². The number of hydrogen-bond donors (Lipinski definition) is 1. The molecule has 0 heterocycles. The van der Waals surface area contributed by atoms with E-state index >= 15 is 0 Å². The van der Waals surface area contributed by atoms with Crippen molar-refractivity contribution in [3.05, 3.63) is 65.7 Å². The Bertz CT molecular complexity index is 593. The van der Waals surface area contributed by atoms with Crippen LogP contribution in [-0.2, 0) is 11.4 Å². The predicted octanol–water partition coefficient (Wildman–Crippen LogP) is 2.78. The summed E-state index contributed by atoms with van der Waals surface area (Å²) < 4.78 is 5.69. The fourth-order valence-electron chi connectivity index (χ4n) is 1.99. The van der Waals surface area contributed by atoms with Gasteiger partial charge in [-0.05, 0) is 23.3 Å². The van der Waals surface area contributed by atoms with Crippen LogP contribution < -0.4 is 4.74 Å². The fraction of sp³-hybridized carbons (Fsp3) is 0.278. The first-order valence-electron chi connectivity index (χ1n) is 7.21. The Kier molecular flexibility index (Phi) is 5.55. The molecule has 1 atom stereocenters. The number of benzene rings is 2. The molecule has 0 aromatic heterocycles. The second-order valence-corrected chi connectivity index (χ2v) is 5.35. The van der Waals surface area contributed by atoms with Crippen LogP contribution in [0.2, 0.25) is 0 Å². The Balaban J connectivity index is 1.91. The Morgan fingerprint density at radius 1 is 1.09 bits per heavy atom. The van der Waals surface area contributed by atoms with Crippen LogP contribution in [0.4, 0.5) is 0 Å². The zero-order valence-corrected chi connectivity index (χ0v) is 12.9. The molecule has 2 aromatic rings. The molecule has 116 valence electrons. The van der Waals surface area contributed by atoms with E-state index in [1.165, 1.54) is 4.90 Å². The van der Waals surface area contributed by atoms with Gasteiger partial charge in [-0.2, -0.15) is 0 Å². The van der Waals surface area contributed by atoms with E-state index in [1.54, 1.807) is 26.2 Å². The maximum Gasteiger partial charge on any atom is 0.225 e. The molecule has 0 spiro atoms. The predicted molar refractivity (Wildman–Crippen MR) is 85.5 cm³/mol. The molecule has 0 bridgehead atoms. The van der Waals surface area contributed by atoms with Crippen molar-refractivity contribution in [3.8, 4) is 5.75 Å². The van der Waals surface area contributed by atoms with Gasteiger partial charge in [-0.25, -0.2) is 0 Å². The summed E-state index contributed by atoms with van der Waals surface area (Å²) in [7, 11) is 3.35. The molecule has 4 heteroatoms. The number of carbonyl (C=O) groups excluding carboxylic acids is 1. The van der Waals surface area contributed by atoms with Crippen molar-refractivity contribution >= 4 is 5.91 Å². The molecule has 1 N–H and O–H groups in total. The van der Waals surface area contributed by atoms with Gasteiger partial charge in [-0.3, -0.25) is 4.79 Å². The van der Waals surface area contributed by atoms with Crippen molar-refractivity contribution in [1.29, 1.82) is 0 Å². The van der Waals surface area contributed by atoms with Gasteiger partial charge >= 0.3 is 0 Å². The standard InChI is InChI=1S/C18H21NO3/c1-19(2)18(21)12-17(20)15-8-10-16(11-9-15)22-13-14-6-4-3-5-7-14/h3-11,17,20H,12-13H2,1-2H3/t17-/m1/s1. The SMILES string of the molecule is CN(C)C(=O)C[C@@H](O)c1ccc(OCc2ccccc2)cc1. The molecule has 0 unspecified atom stereocenters. The van der Waals surface area contributed by atoms with Crippen molar-refractivity contribution in [2.75, 3.05) is 14.1 Å². The van der Waals surface area contributed by atoms with Crippen molar-refractivity contribution in [1.82, 2.24) is 4.90 Å². The third-order valence-electron chi connectivity index (χ3n) is 3.38. The van der Waals surface area contributed by atoms with E-state index < -0.39 is 6.10 Å². The summed E-state index contributed by atoms with van der Waals surface area (Å²) in [5, 5.41) is 10.1. The summed E-state index contributed by atoms with van der Waals surface area (Å²) in [6, 6.07) is 17.1. The highest BCUT2D eigenvalue weighted by Crippen LogP contribution is 2.21. The van der Waals surface area contributed by atoms with Crippen molar-refractivity contribution in [2.45, 2.75) is 19.1 Å². The smallest absolute Gasteiger partial charge is 0.225 e. The molecule has 0 radical (unpaired) electrons. The third kappa shape index (κ3) is 4.60. The Morgan fingerprint density at radius 3 is 2.32 bits per heavy atom. The lowest BCUT2D eigenvalue weighted by Crippen LogP contribution is -2.23. The zero-order chi connectivity index (χ0) is 15.9. The quantitative estimate of drug-likeness (QED) is 0.892. The van der Waals surface area contributed by atoms with Gasteiger partial charge in [0.2, 0.25) is 5.91 Å². The van der Waals surface area contributed by atoms with Crippen LogP contribution in [0.5, 0.6) is 5.75 Å². The summed E-state index contributed by atoms with van der Waals surface area (Å²) >= 11 is 0. The minimum atomic E-state index is -0.793. The highest BCUT2D eigenvalue weighted by Gasteiger charge is 2.14. The molecule has 0 saturated carbocycles. The van der Waals surface area contributed by atoms with E-state index in [9.17, 15) is 9.90 Å². The summed E-state index contributed by atoms with van der Waals surface area (Å²) in [6.07, 6.45) is -0.713.